The monoisotopic (exact) mass is 423 g/mol. The number of halogens is 2. The average Bonchev–Trinajstić information content (AvgIpc) is 3.15. The smallest absolute Gasteiger partial charge is 0.320 e. The Bertz CT molecular complexity index is 828. The Labute approximate surface area is 173 Å². The summed E-state index contributed by atoms with van der Waals surface area (Å²) in [5, 5.41) is 3.20. The summed E-state index contributed by atoms with van der Waals surface area (Å²) in [5.74, 6) is 1.26. The van der Waals surface area contributed by atoms with Gasteiger partial charge in [0.1, 0.15) is 18.2 Å². The molecule has 0 spiro atoms. The normalized spacial score (nSPS) is 33.0. The van der Waals surface area contributed by atoms with Gasteiger partial charge < -0.3 is 24.6 Å². The van der Waals surface area contributed by atoms with Crippen LogP contribution in [0.15, 0.2) is 18.2 Å². The lowest BCUT2D eigenvalue weighted by Crippen LogP contribution is -2.62. The van der Waals surface area contributed by atoms with Crippen LogP contribution < -0.4 is 10.1 Å². The number of nitrogens with one attached hydrogen (secondary N) is 1. The fourth-order valence-corrected chi connectivity index (χ4v) is 5.13. The van der Waals surface area contributed by atoms with Crippen LogP contribution in [0, 0.1) is 23.6 Å². The highest BCUT2D eigenvalue weighted by atomic mass is 35.5. The summed E-state index contributed by atoms with van der Waals surface area (Å²) in [6.07, 6.45) is 0.746. The molecule has 29 heavy (non-hydrogen) atoms. The van der Waals surface area contributed by atoms with Gasteiger partial charge in [-0.3, -0.25) is 4.79 Å². The molecule has 0 bridgehead atoms. The minimum atomic E-state index is -0.386. The van der Waals surface area contributed by atoms with E-state index in [1.165, 1.54) is 12.1 Å². The highest BCUT2D eigenvalue weighted by Crippen LogP contribution is 2.52. The molecule has 1 N–H and O–H groups in total. The Morgan fingerprint density at radius 3 is 2.83 bits per heavy atom. The maximum absolute atomic E-state index is 13.1. The van der Waals surface area contributed by atoms with Crippen LogP contribution in [0.4, 0.5) is 9.18 Å². The maximum atomic E-state index is 13.1. The van der Waals surface area contributed by atoms with Crippen LogP contribution in [0.2, 0.25) is 5.02 Å². The van der Waals surface area contributed by atoms with Gasteiger partial charge in [-0.25, -0.2) is 9.18 Å². The van der Waals surface area contributed by atoms with Crippen LogP contribution >= 0.6 is 11.6 Å². The lowest BCUT2D eigenvalue weighted by atomic mass is 10.0. The molecule has 9 heteroatoms. The lowest BCUT2D eigenvalue weighted by molar-refractivity contribution is -0.139. The third-order valence-electron chi connectivity index (χ3n) is 6.56. The molecule has 0 radical (unpaired) electrons. The predicted octanol–water partition coefficient (Wildman–Crippen LogP) is 1.74. The number of nitrogens with zero attached hydrogens (tertiary/aromatic N) is 2. The molecular weight excluding hydrogens is 401 g/mol. The van der Waals surface area contributed by atoms with E-state index in [9.17, 15) is 14.0 Å². The molecule has 1 saturated carbocycles. The van der Waals surface area contributed by atoms with Crippen molar-refractivity contribution in [2.75, 3.05) is 39.4 Å². The van der Waals surface area contributed by atoms with Crippen molar-refractivity contribution in [3.8, 4) is 5.75 Å². The molecule has 3 amide bonds. The van der Waals surface area contributed by atoms with Crippen LogP contribution in [0.3, 0.4) is 0 Å². The summed E-state index contributed by atoms with van der Waals surface area (Å²) >= 11 is 6.00. The maximum Gasteiger partial charge on any atom is 0.320 e. The van der Waals surface area contributed by atoms with Gasteiger partial charge in [0.2, 0.25) is 5.91 Å². The van der Waals surface area contributed by atoms with Crippen LogP contribution in [-0.2, 0) is 9.53 Å². The van der Waals surface area contributed by atoms with Crippen molar-refractivity contribution in [3.63, 3.8) is 0 Å². The first-order valence-corrected chi connectivity index (χ1v) is 10.4. The number of hydrogen-bond donors (Lipinski definition) is 1. The second kappa shape index (κ2) is 7.32. The van der Waals surface area contributed by atoms with Crippen molar-refractivity contribution < 1.29 is 23.5 Å². The van der Waals surface area contributed by atoms with Gasteiger partial charge >= 0.3 is 6.03 Å². The summed E-state index contributed by atoms with van der Waals surface area (Å²) in [5.41, 5.74) is 0. The van der Waals surface area contributed by atoms with Gasteiger partial charge in [0.25, 0.3) is 0 Å². The first-order valence-electron chi connectivity index (χ1n) is 10.0. The van der Waals surface area contributed by atoms with E-state index in [0.717, 1.165) is 19.5 Å². The predicted molar refractivity (Wildman–Crippen MR) is 102 cm³/mol. The van der Waals surface area contributed by atoms with Gasteiger partial charge in [0.05, 0.1) is 23.8 Å². The van der Waals surface area contributed by atoms with E-state index < -0.39 is 0 Å². The summed E-state index contributed by atoms with van der Waals surface area (Å²) < 4.78 is 24.4. The number of benzene rings is 1. The fraction of sp³-hybridized carbons (Fsp3) is 0.600. The number of morpholine rings is 1. The van der Waals surface area contributed by atoms with Gasteiger partial charge in [-0.1, -0.05) is 11.6 Å². The molecule has 1 aromatic carbocycles. The topological polar surface area (TPSA) is 71.1 Å². The molecule has 7 nitrogen and oxygen atoms in total. The van der Waals surface area contributed by atoms with Gasteiger partial charge in [-0.15, -0.1) is 0 Å². The van der Waals surface area contributed by atoms with E-state index in [4.69, 9.17) is 21.1 Å². The summed E-state index contributed by atoms with van der Waals surface area (Å²) in [6, 6.07) is 4.04. The molecule has 4 fully saturated rings. The molecule has 5 rings (SSSR count). The number of ether oxygens (including phenoxy) is 2. The molecule has 3 heterocycles. The van der Waals surface area contributed by atoms with Gasteiger partial charge in [0.15, 0.2) is 0 Å². The third kappa shape index (κ3) is 3.64. The molecule has 3 aliphatic heterocycles. The number of carbonyl (C=O) groups excluding carboxylic acids is 2. The minimum absolute atomic E-state index is 0.00328. The minimum Gasteiger partial charge on any atom is -0.492 e. The Morgan fingerprint density at radius 1 is 1.28 bits per heavy atom. The molecule has 0 unspecified atom stereocenters. The highest BCUT2D eigenvalue weighted by Gasteiger charge is 2.57. The van der Waals surface area contributed by atoms with E-state index in [2.05, 4.69) is 5.32 Å². The largest absolute Gasteiger partial charge is 0.492 e. The van der Waals surface area contributed by atoms with Crippen molar-refractivity contribution in [1.29, 1.82) is 0 Å². The van der Waals surface area contributed by atoms with E-state index in [1.54, 1.807) is 6.07 Å². The second-order valence-corrected chi connectivity index (χ2v) is 8.73. The van der Waals surface area contributed by atoms with Crippen molar-refractivity contribution in [1.82, 2.24) is 15.1 Å². The summed E-state index contributed by atoms with van der Waals surface area (Å²) in [6.45, 7) is 3.23. The molecular formula is C20H23ClFN3O4. The van der Waals surface area contributed by atoms with E-state index in [-0.39, 0.29) is 41.5 Å². The fourth-order valence-electron chi connectivity index (χ4n) is 4.90. The molecule has 1 aliphatic carbocycles. The number of hydrogen-bond acceptors (Lipinski definition) is 4. The zero-order chi connectivity index (χ0) is 20.1. The van der Waals surface area contributed by atoms with Crippen LogP contribution in [-0.4, -0.2) is 73.3 Å². The number of amides is 3. The zero-order valence-electron chi connectivity index (χ0n) is 15.9. The van der Waals surface area contributed by atoms with Crippen LogP contribution in [0.25, 0.3) is 0 Å². The van der Waals surface area contributed by atoms with Crippen LogP contribution in [0.1, 0.15) is 6.42 Å². The van der Waals surface area contributed by atoms with Crippen molar-refractivity contribution in [2.24, 2.45) is 17.8 Å². The average molecular weight is 424 g/mol. The quantitative estimate of drug-likeness (QED) is 0.804. The standard InChI is InChI=1S/C20H23ClFN3O4/c21-15-5-11(22)1-2-17(15)28-9-14-12-6-25(7-13(12)14)20(27)24-4-3-18-16(8-24)23-19(26)10-29-18/h1-2,5,12-14,16,18H,3-4,6-10H2,(H,23,26)/t12-,13+,14+,16-,18+/m1/s1. The first-order chi connectivity index (χ1) is 14.0. The number of fused-ring (bicyclic) bond motifs is 2. The van der Waals surface area contributed by atoms with E-state index >= 15 is 0 Å². The van der Waals surface area contributed by atoms with Gasteiger partial charge in [0, 0.05) is 32.1 Å². The Hall–Kier alpha value is -2.06. The van der Waals surface area contributed by atoms with E-state index in [0.29, 0.717) is 43.2 Å². The van der Waals surface area contributed by atoms with Crippen molar-refractivity contribution in [3.05, 3.63) is 29.0 Å². The second-order valence-electron chi connectivity index (χ2n) is 8.32. The zero-order valence-corrected chi connectivity index (χ0v) is 16.6. The SMILES string of the molecule is O=C1CO[C@H]2CCN(C(=O)N3C[C@@H]4[C@@H](COc5ccc(F)cc5Cl)[C@@H]4C3)C[C@H]2N1. The molecule has 4 aliphatic rings. The molecule has 5 atom stereocenters. The van der Waals surface area contributed by atoms with Gasteiger partial charge in [-0.05, 0) is 36.5 Å². The number of carbonyl (C=O) groups is 2. The third-order valence-corrected chi connectivity index (χ3v) is 6.86. The number of urea groups is 1. The Kier molecular flexibility index (Phi) is 4.78. The lowest BCUT2D eigenvalue weighted by Gasteiger charge is -2.42. The summed E-state index contributed by atoms with van der Waals surface area (Å²) in [4.78, 5) is 28.2. The Morgan fingerprint density at radius 2 is 2.07 bits per heavy atom. The molecule has 156 valence electrons. The highest BCUT2D eigenvalue weighted by molar-refractivity contribution is 6.32. The van der Waals surface area contributed by atoms with Crippen molar-refractivity contribution in [2.45, 2.75) is 18.6 Å². The van der Waals surface area contributed by atoms with Crippen LogP contribution in [0.5, 0.6) is 5.75 Å². The number of likely N-dealkylation sites (tertiary alicyclic amines) is 2. The number of rotatable bonds is 3. The molecule has 1 aromatic rings. The summed E-state index contributed by atoms with van der Waals surface area (Å²) in [7, 11) is 0. The first kappa shape index (κ1) is 18.9. The van der Waals surface area contributed by atoms with E-state index in [1.807, 2.05) is 9.80 Å². The molecule has 0 aromatic heterocycles. The van der Waals surface area contributed by atoms with Gasteiger partial charge in [-0.2, -0.15) is 0 Å². The van der Waals surface area contributed by atoms with Crippen molar-refractivity contribution >= 4 is 23.5 Å². The molecule has 3 saturated heterocycles. The number of piperidine rings is 2. The Balaban J connectivity index is 1.11.